The lowest BCUT2D eigenvalue weighted by molar-refractivity contribution is -0.114. The second kappa shape index (κ2) is 7.16. The van der Waals surface area contributed by atoms with E-state index in [0.29, 0.717) is 28.1 Å². The number of hydrogen-bond donors (Lipinski definition) is 2. The molecule has 9 heteroatoms. The van der Waals surface area contributed by atoms with Crippen molar-refractivity contribution in [3.63, 3.8) is 0 Å². The number of alkyl halides is 2. The van der Waals surface area contributed by atoms with Gasteiger partial charge in [-0.2, -0.15) is 8.78 Å². The van der Waals surface area contributed by atoms with Crippen LogP contribution >= 0.6 is 15.9 Å². The Balaban J connectivity index is 2.38. The van der Waals surface area contributed by atoms with Crippen LogP contribution in [0, 0.1) is 0 Å². The monoisotopic (exact) mass is 399 g/mol. The Morgan fingerprint density at radius 3 is 2.58 bits per heavy atom. The molecule has 0 atom stereocenters. The Bertz CT molecular complexity index is 764. The summed E-state index contributed by atoms with van der Waals surface area (Å²) < 4.78 is 27.7. The number of rotatable bonds is 5. The van der Waals surface area contributed by atoms with Crippen molar-refractivity contribution in [1.82, 2.24) is 15.0 Å². The Kier molecular flexibility index (Phi) is 5.43. The van der Waals surface area contributed by atoms with Crippen molar-refractivity contribution in [2.45, 2.75) is 33.1 Å². The van der Waals surface area contributed by atoms with Gasteiger partial charge in [-0.3, -0.25) is 4.79 Å². The lowest BCUT2D eigenvalue weighted by atomic mass is 10.2. The Morgan fingerprint density at radius 1 is 1.29 bits per heavy atom. The van der Waals surface area contributed by atoms with Crippen LogP contribution in [0.1, 0.15) is 32.3 Å². The van der Waals surface area contributed by atoms with Gasteiger partial charge in [0.05, 0.1) is 10.2 Å². The van der Waals surface area contributed by atoms with E-state index in [9.17, 15) is 13.6 Å². The molecule has 6 nitrogen and oxygen atoms in total. The predicted octanol–water partition coefficient (Wildman–Crippen LogP) is 4.01. The van der Waals surface area contributed by atoms with Gasteiger partial charge in [-0.1, -0.05) is 6.92 Å². The van der Waals surface area contributed by atoms with Crippen LogP contribution in [0.2, 0.25) is 0 Å². The number of nitrogens with one attached hydrogen (secondary N) is 2. The van der Waals surface area contributed by atoms with E-state index >= 15 is 0 Å². The molecule has 0 aromatic carbocycles. The topological polar surface area (TPSA) is 79.8 Å². The Labute approximate surface area is 146 Å². The van der Waals surface area contributed by atoms with E-state index < -0.39 is 11.7 Å². The van der Waals surface area contributed by atoms with Crippen LogP contribution < -0.4 is 10.6 Å². The highest BCUT2D eigenvalue weighted by Gasteiger charge is 2.29. The van der Waals surface area contributed by atoms with Crippen LogP contribution in [0.25, 0.3) is 0 Å². The molecule has 2 heterocycles. The molecular weight excluding hydrogens is 384 g/mol. The molecule has 0 saturated carbocycles. The number of halogens is 3. The number of amides is 1. The van der Waals surface area contributed by atoms with Gasteiger partial charge in [0.1, 0.15) is 11.6 Å². The molecule has 2 aromatic heterocycles. The standard InChI is InChI=1S/C15H16BrF2N5O/c1-4-9-5-13(23-14(21-9)15(3,17)18)22-11-6-12(20-8(2)24)19-7-10(11)16/h5-7H,4H2,1-3H3,(H2,19,20,21,22,23,24). The number of pyridine rings is 1. The van der Waals surface area contributed by atoms with Gasteiger partial charge in [0.25, 0.3) is 0 Å². The number of aryl methyl sites for hydroxylation is 1. The fourth-order valence-corrected chi connectivity index (χ4v) is 2.18. The molecule has 0 aliphatic heterocycles. The van der Waals surface area contributed by atoms with Crippen LogP contribution in [-0.2, 0) is 17.1 Å². The summed E-state index contributed by atoms with van der Waals surface area (Å²) in [5, 5.41) is 5.50. The van der Waals surface area contributed by atoms with Gasteiger partial charge in [0, 0.05) is 37.9 Å². The summed E-state index contributed by atoms with van der Waals surface area (Å²) >= 11 is 3.32. The lowest BCUT2D eigenvalue weighted by Gasteiger charge is -2.14. The molecule has 0 radical (unpaired) electrons. The van der Waals surface area contributed by atoms with Gasteiger partial charge in [-0.05, 0) is 22.4 Å². The van der Waals surface area contributed by atoms with Gasteiger partial charge >= 0.3 is 5.92 Å². The fraction of sp³-hybridized carbons (Fsp3) is 0.333. The summed E-state index contributed by atoms with van der Waals surface area (Å²) in [6, 6.07) is 3.17. The van der Waals surface area contributed by atoms with Gasteiger partial charge in [0.2, 0.25) is 11.7 Å². The maximum Gasteiger partial charge on any atom is 0.303 e. The molecule has 0 aliphatic rings. The van der Waals surface area contributed by atoms with Crippen LogP contribution in [-0.4, -0.2) is 20.9 Å². The van der Waals surface area contributed by atoms with Crippen LogP contribution in [0.4, 0.5) is 26.1 Å². The predicted molar refractivity (Wildman–Crippen MR) is 90.5 cm³/mol. The maximum absolute atomic E-state index is 13.6. The molecule has 1 amide bonds. The second-order valence-electron chi connectivity index (χ2n) is 5.17. The second-order valence-corrected chi connectivity index (χ2v) is 6.02. The number of aromatic nitrogens is 3. The average Bonchev–Trinajstić information content (AvgIpc) is 2.49. The van der Waals surface area contributed by atoms with Crippen molar-refractivity contribution >= 4 is 39.2 Å². The zero-order valence-electron chi connectivity index (χ0n) is 13.3. The molecule has 128 valence electrons. The average molecular weight is 400 g/mol. The minimum absolute atomic E-state index is 0.235. The van der Waals surface area contributed by atoms with Crippen molar-refractivity contribution < 1.29 is 13.6 Å². The van der Waals surface area contributed by atoms with Crippen molar-refractivity contribution in [2.24, 2.45) is 0 Å². The van der Waals surface area contributed by atoms with E-state index in [1.165, 1.54) is 13.1 Å². The number of carbonyl (C=O) groups excluding carboxylic acids is 1. The van der Waals surface area contributed by atoms with Crippen LogP contribution in [0.15, 0.2) is 22.8 Å². The van der Waals surface area contributed by atoms with E-state index in [1.54, 1.807) is 12.1 Å². The van der Waals surface area contributed by atoms with E-state index in [4.69, 9.17) is 0 Å². The molecule has 2 rings (SSSR count). The van der Waals surface area contributed by atoms with Gasteiger partial charge in [-0.25, -0.2) is 15.0 Å². The molecule has 2 N–H and O–H groups in total. The zero-order chi connectivity index (χ0) is 17.9. The number of carbonyl (C=O) groups is 1. The van der Waals surface area contributed by atoms with E-state index in [0.717, 1.165) is 6.92 Å². The van der Waals surface area contributed by atoms with Gasteiger partial charge in [-0.15, -0.1) is 0 Å². The highest BCUT2D eigenvalue weighted by Crippen LogP contribution is 2.29. The molecule has 24 heavy (non-hydrogen) atoms. The van der Waals surface area contributed by atoms with Gasteiger partial charge < -0.3 is 10.6 Å². The highest BCUT2D eigenvalue weighted by molar-refractivity contribution is 9.10. The summed E-state index contributed by atoms with van der Waals surface area (Å²) in [6.07, 6.45) is 1.99. The molecular formula is C15H16BrF2N5O. The first kappa shape index (κ1) is 18.2. The largest absolute Gasteiger partial charge is 0.339 e. The summed E-state index contributed by atoms with van der Waals surface area (Å²) in [5.74, 6) is -3.38. The Hall–Kier alpha value is -2.16. The van der Waals surface area contributed by atoms with E-state index in [-0.39, 0.29) is 11.7 Å². The molecule has 0 fully saturated rings. The summed E-state index contributed by atoms with van der Waals surface area (Å²) in [6.45, 7) is 3.94. The smallest absolute Gasteiger partial charge is 0.303 e. The number of hydrogen-bond acceptors (Lipinski definition) is 5. The third-order valence-corrected chi connectivity index (χ3v) is 3.59. The van der Waals surface area contributed by atoms with Crippen LogP contribution in [0.5, 0.6) is 0 Å². The minimum atomic E-state index is -3.14. The normalized spacial score (nSPS) is 11.2. The summed E-state index contributed by atoms with van der Waals surface area (Å²) in [7, 11) is 0. The fourth-order valence-electron chi connectivity index (χ4n) is 1.86. The molecule has 0 aliphatic carbocycles. The molecule has 0 saturated heterocycles. The van der Waals surface area contributed by atoms with Crippen molar-refractivity contribution in [2.75, 3.05) is 10.6 Å². The highest BCUT2D eigenvalue weighted by atomic mass is 79.9. The van der Waals surface area contributed by atoms with Crippen LogP contribution in [0.3, 0.4) is 0 Å². The summed E-state index contributed by atoms with van der Waals surface area (Å²) in [5.41, 5.74) is 1.02. The van der Waals surface area contributed by atoms with E-state index in [2.05, 4.69) is 41.5 Å². The van der Waals surface area contributed by atoms with Crippen molar-refractivity contribution in [3.05, 3.63) is 34.3 Å². The molecule has 0 bridgehead atoms. The zero-order valence-corrected chi connectivity index (χ0v) is 14.9. The molecule has 0 unspecified atom stereocenters. The third kappa shape index (κ3) is 4.67. The first-order valence-corrected chi connectivity index (χ1v) is 7.94. The first-order chi connectivity index (χ1) is 11.2. The first-order valence-electron chi connectivity index (χ1n) is 7.15. The number of anilines is 3. The minimum Gasteiger partial charge on any atom is -0.339 e. The third-order valence-electron chi connectivity index (χ3n) is 2.96. The number of nitrogens with zero attached hydrogens (tertiary/aromatic N) is 3. The quantitative estimate of drug-likeness (QED) is 0.793. The molecule has 2 aromatic rings. The van der Waals surface area contributed by atoms with Gasteiger partial charge in [0.15, 0.2) is 0 Å². The summed E-state index contributed by atoms with van der Waals surface area (Å²) in [4.78, 5) is 22.9. The van der Waals surface area contributed by atoms with Crippen molar-refractivity contribution in [1.29, 1.82) is 0 Å². The lowest BCUT2D eigenvalue weighted by Crippen LogP contribution is -2.15. The molecule has 0 spiro atoms. The Morgan fingerprint density at radius 2 is 2.00 bits per heavy atom. The van der Waals surface area contributed by atoms with Crippen molar-refractivity contribution in [3.8, 4) is 0 Å². The maximum atomic E-state index is 13.6. The van der Waals surface area contributed by atoms with E-state index in [1.807, 2.05) is 6.92 Å². The SMILES string of the molecule is CCc1cc(Nc2cc(NC(C)=O)ncc2Br)nc(C(C)(F)F)n1.